The topological polar surface area (TPSA) is 111 Å². The third kappa shape index (κ3) is 4.79. The van der Waals surface area contributed by atoms with Crippen LogP contribution in [0.25, 0.3) is 0 Å². The molecule has 0 heterocycles. The molecule has 8 nitrogen and oxygen atoms in total. The summed E-state index contributed by atoms with van der Waals surface area (Å²) >= 11 is 0. The molecule has 0 aliphatic carbocycles. The quantitative estimate of drug-likeness (QED) is 0.585. The lowest BCUT2D eigenvalue weighted by Gasteiger charge is -2.09. The number of nitrogens with zero attached hydrogens (tertiary/aromatic N) is 1. The number of likely N-dealkylation sites (N-methyl/N-ethyl adjacent to an activating group) is 1. The zero-order valence-corrected chi connectivity index (χ0v) is 14.4. The molecule has 0 aliphatic rings. The third-order valence-corrected chi connectivity index (χ3v) is 3.52. The minimum Gasteiger partial charge on any atom is -0.484 e. The lowest BCUT2D eigenvalue weighted by molar-refractivity contribution is -0.385. The van der Waals surface area contributed by atoms with Crippen molar-refractivity contribution in [3.8, 4) is 5.75 Å². The normalized spacial score (nSPS) is 10.1. The highest BCUT2D eigenvalue weighted by atomic mass is 16.6. The van der Waals surface area contributed by atoms with E-state index in [1.54, 1.807) is 43.3 Å². The van der Waals surface area contributed by atoms with Crippen molar-refractivity contribution in [1.82, 2.24) is 5.32 Å². The lowest BCUT2D eigenvalue weighted by atomic mass is 10.1. The van der Waals surface area contributed by atoms with Crippen LogP contribution in [0.15, 0.2) is 42.5 Å². The Morgan fingerprint density at radius 2 is 1.85 bits per heavy atom. The van der Waals surface area contributed by atoms with Gasteiger partial charge in [0.15, 0.2) is 6.61 Å². The average molecular weight is 357 g/mol. The minimum absolute atomic E-state index is 0.00781. The molecule has 0 atom stereocenters. The Bertz CT molecular complexity index is 818. The maximum absolute atomic E-state index is 12.4. The van der Waals surface area contributed by atoms with Crippen LogP contribution in [0.2, 0.25) is 0 Å². The van der Waals surface area contributed by atoms with Crippen LogP contribution in [0.4, 0.5) is 11.4 Å². The summed E-state index contributed by atoms with van der Waals surface area (Å²) in [6.07, 6.45) is 0. The molecular weight excluding hydrogens is 338 g/mol. The first kappa shape index (κ1) is 18.9. The molecule has 0 spiro atoms. The molecule has 136 valence electrons. The molecule has 0 saturated heterocycles. The number of hydrogen-bond acceptors (Lipinski definition) is 5. The number of amides is 2. The number of nitro groups is 1. The van der Waals surface area contributed by atoms with Crippen molar-refractivity contribution in [2.24, 2.45) is 0 Å². The standard InChI is InChI=1S/C18H19N3O5/c1-3-19-16(22)11-26-14-9-7-13(8-10-14)20-18(23)15-6-4-5-12(2)17(15)21(24)25/h4-10H,3,11H2,1-2H3,(H,19,22)(H,20,23). The summed E-state index contributed by atoms with van der Waals surface area (Å²) in [5.74, 6) is -0.330. The number of para-hydroxylation sites is 1. The van der Waals surface area contributed by atoms with Gasteiger partial charge in [0.25, 0.3) is 17.5 Å². The molecule has 2 N–H and O–H groups in total. The maximum Gasteiger partial charge on any atom is 0.285 e. The van der Waals surface area contributed by atoms with E-state index in [1.165, 1.54) is 6.07 Å². The number of rotatable bonds is 7. The van der Waals surface area contributed by atoms with Gasteiger partial charge in [0.05, 0.1) is 4.92 Å². The fraction of sp³-hybridized carbons (Fsp3) is 0.222. The highest BCUT2D eigenvalue weighted by molar-refractivity contribution is 6.07. The lowest BCUT2D eigenvalue weighted by Crippen LogP contribution is -2.28. The monoisotopic (exact) mass is 357 g/mol. The van der Waals surface area contributed by atoms with Crippen molar-refractivity contribution in [2.45, 2.75) is 13.8 Å². The van der Waals surface area contributed by atoms with Gasteiger partial charge in [-0.1, -0.05) is 12.1 Å². The largest absolute Gasteiger partial charge is 0.484 e. The van der Waals surface area contributed by atoms with E-state index in [9.17, 15) is 19.7 Å². The van der Waals surface area contributed by atoms with E-state index in [2.05, 4.69) is 10.6 Å². The second-order valence-corrected chi connectivity index (χ2v) is 5.45. The zero-order chi connectivity index (χ0) is 19.1. The predicted octanol–water partition coefficient (Wildman–Crippen LogP) is 2.67. The number of nitrogens with one attached hydrogen (secondary N) is 2. The SMILES string of the molecule is CCNC(=O)COc1ccc(NC(=O)c2cccc(C)c2[N+](=O)[O-])cc1. The Morgan fingerprint density at radius 3 is 2.46 bits per heavy atom. The van der Waals surface area contributed by atoms with Gasteiger partial charge < -0.3 is 15.4 Å². The fourth-order valence-electron chi connectivity index (χ4n) is 2.31. The average Bonchev–Trinajstić information content (AvgIpc) is 2.60. The molecular formula is C18H19N3O5. The van der Waals surface area contributed by atoms with Gasteiger partial charge in [-0.05, 0) is 44.2 Å². The first-order chi connectivity index (χ1) is 12.4. The number of aryl methyl sites for hydroxylation is 1. The van der Waals surface area contributed by atoms with Crippen LogP contribution in [0, 0.1) is 17.0 Å². The Labute approximate surface area is 150 Å². The molecule has 0 unspecified atom stereocenters. The molecule has 2 amide bonds. The third-order valence-electron chi connectivity index (χ3n) is 3.52. The van der Waals surface area contributed by atoms with E-state index in [4.69, 9.17) is 4.74 Å². The van der Waals surface area contributed by atoms with E-state index in [0.29, 0.717) is 23.5 Å². The summed E-state index contributed by atoms with van der Waals surface area (Å²) < 4.78 is 5.32. The van der Waals surface area contributed by atoms with Gasteiger partial charge in [-0.2, -0.15) is 0 Å². The zero-order valence-electron chi connectivity index (χ0n) is 14.4. The molecule has 2 aromatic rings. The van der Waals surface area contributed by atoms with Crippen LogP contribution in [0.5, 0.6) is 5.75 Å². The fourth-order valence-corrected chi connectivity index (χ4v) is 2.31. The molecule has 0 fully saturated rings. The van der Waals surface area contributed by atoms with Gasteiger partial charge in [0.2, 0.25) is 0 Å². The van der Waals surface area contributed by atoms with E-state index >= 15 is 0 Å². The number of carbonyl (C=O) groups excluding carboxylic acids is 2. The van der Waals surface area contributed by atoms with Crippen molar-refractivity contribution in [3.05, 3.63) is 63.7 Å². The smallest absolute Gasteiger partial charge is 0.285 e. The molecule has 0 bridgehead atoms. The Hall–Kier alpha value is -3.42. The van der Waals surface area contributed by atoms with Gasteiger partial charge in [-0.25, -0.2) is 0 Å². The number of ether oxygens (including phenoxy) is 1. The summed E-state index contributed by atoms with van der Waals surface area (Å²) in [5, 5.41) is 16.4. The van der Waals surface area contributed by atoms with Gasteiger partial charge in [0.1, 0.15) is 11.3 Å². The van der Waals surface area contributed by atoms with E-state index in [-0.39, 0.29) is 23.8 Å². The molecule has 0 radical (unpaired) electrons. The highest BCUT2D eigenvalue weighted by Crippen LogP contribution is 2.24. The Kier molecular flexibility index (Phi) is 6.26. The molecule has 0 aliphatic heterocycles. The van der Waals surface area contributed by atoms with Gasteiger partial charge in [-0.15, -0.1) is 0 Å². The van der Waals surface area contributed by atoms with Crippen LogP contribution in [-0.4, -0.2) is 29.9 Å². The van der Waals surface area contributed by atoms with Crippen molar-refractivity contribution < 1.29 is 19.2 Å². The van der Waals surface area contributed by atoms with Crippen molar-refractivity contribution in [2.75, 3.05) is 18.5 Å². The predicted molar refractivity (Wildman–Crippen MR) is 96.4 cm³/mol. The van der Waals surface area contributed by atoms with Gasteiger partial charge in [0, 0.05) is 17.8 Å². The minimum atomic E-state index is -0.573. The van der Waals surface area contributed by atoms with E-state index in [1.807, 2.05) is 6.92 Å². The van der Waals surface area contributed by atoms with Crippen LogP contribution in [0.3, 0.4) is 0 Å². The second-order valence-electron chi connectivity index (χ2n) is 5.45. The Morgan fingerprint density at radius 1 is 1.15 bits per heavy atom. The van der Waals surface area contributed by atoms with Crippen molar-refractivity contribution in [1.29, 1.82) is 0 Å². The number of hydrogen-bond donors (Lipinski definition) is 2. The summed E-state index contributed by atoms with van der Waals surface area (Å²) in [6.45, 7) is 3.82. The number of benzene rings is 2. The highest BCUT2D eigenvalue weighted by Gasteiger charge is 2.22. The van der Waals surface area contributed by atoms with Crippen molar-refractivity contribution >= 4 is 23.2 Å². The van der Waals surface area contributed by atoms with Gasteiger partial charge in [-0.3, -0.25) is 19.7 Å². The second kappa shape index (κ2) is 8.61. The van der Waals surface area contributed by atoms with Crippen LogP contribution in [0.1, 0.15) is 22.8 Å². The van der Waals surface area contributed by atoms with Crippen LogP contribution in [-0.2, 0) is 4.79 Å². The van der Waals surface area contributed by atoms with Crippen LogP contribution >= 0.6 is 0 Å². The number of nitro benzene ring substituents is 1. The molecule has 2 aromatic carbocycles. The van der Waals surface area contributed by atoms with Crippen LogP contribution < -0.4 is 15.4 Å². The summed E-state index contributed by atoms with van der Waals surface area (Å²) in [7, 11) is 0. The first-order valence-corrected chi connectivity index (χ1v) is 7.97. The molecule has 0 aromatic heterocycles. The molecule has 8 heteroatoms. The van der Waals surface area contributed by atoms with E-state index in [0.717, 1.165) is 0 Å². The summed E-state index contributed by atoms with van der Waals surface area (Å²) in [5.41, 5.74) is 0.645. The summed E-state index contributed by atoms with van der Waals surface area (Å²) in [4.78, 5) is 34.3. The van der Waals surface area contributed by atoms with Crippen molar-refractivity contribution in [3.63, 3.8) is 0 Å². The van der Waals surface area contributed by atoms with E-state index < -0.39 is 10.8 Å². The molecule has 0 saturated carbocycles. The number of anilines is 1. The van der Waals surface area contributed by atoms with Gasteiger partial charge >= 0.3 is 0 Å². The molecule has 26 heavy (non-hydrogen) atoms. The Balaban J connectivity index is 2.05. The number of carbonyl (C=O) groups is 2. The summed E-state index contributed by atoms with van der Waals surface area (Å²) in [6, 6.07) is 11.0. The first-order valence-electron chi connectivity index (χ1n) is 7.97. The maximum atomic E-state index is 12.4. The molecule has 2 rings (SSSR count).